The molecule has 2 aromatic carbocycles. The number of amides is 1. The first kappa shape index (κ1) is 20.5. The van der Waals surface area contributed by atoms with E-state index in [1.54, 1.807) is 25.2 Å². The van der Waals surface area contributed by atoms with E-state index in [0.717, 1.165) is 16.3 Å². The smallest absolute Gasteiger partial charge is 0.229 e. The molecule has 1 atom stereocenters. The normalized spacial score (nSPS) is 18.7. The van der Waals surface area contributed by atoms with Gasteiger partial charge in [0.2, 0.25) is 5.91 Å². The molecule has 2 heterocycles. The van der Waals surface area contributed by atoms with Gasteiger partial charge in [0, 0.05) is 23.0 Å². The number of hydrogen-bond donors (Lipinski definition) is 0. The Bertz CT molecular complexity index is 1070. The highest BCUT2D eigenvalue weighted by atomic mass is 35.5. The van der Waals surface area contributed by atoms with Gasteiger partial charge in [-0.1, -0.05) is 35.5 Å². The lowest BCUT2D eigenvalue weighted by Crippen LogP contribution is -2.47. The van der Waals surface area contributed by atoms with E-state index in [1.807, 2.05) is 36.4 Å². The largest absolute Gasteiger partial charge is 0.493 e. The first-order valence-electron chi connectivity index (χ1n) is 9.35. The highest BCUT2D eigenvalue weighted by Gasteiger charge is 2.38. The zero-order valence-electron chi connectivity index (χ0n) is 16.6. The third kappa shape index (κ3) is 3.69. The summed E-state index contributed by atoms with van der Waals surface area (Å²) < 4.78 is 10.7. The topological polar surface area (TPSA) is 65.8 Å². The molecular formula is C22H20ClN3O3S. The number of carbonyl (C=O) groups is 1. The Morgan fingerprint density at radius 2 is 1.97 bits per heavy atom. The summed E-state index contributed by atoms with van der Waals surface area (Å²) in [5, 5.41) is 11.3. The van der Waals surface area contributed by atoms with Crippen molar-refractivity contribution in [1.82, 2.24) is 4.90 Å². The monoisotopic (exact) mass is 441 g/mol. The van der Waals surface area contributed by atoms with Gasteiger partial charge in [0.15, 0.2) is 11.5 Å². The number of allylic oxidation sites excluding steroid dienone is 1. The average molecular weight is 442 g/mol. The van der Waals surface area contributed by atoms with Crippen LogP contribution in [0.3, 0.4) is 0 Å². The number of hydrogen-bond acceptors (Lipinski definition) is 6. The summed E-state index contributed by atoms with van der Waals surface area (Å²) in [6.45, 7) is 0.394. The summed E-state index contributed by atoms with van der Waals surface area (Å²) in [4.78, 5) is 16.8. The van der Waals surface area contributed by atoms with Crippen molar-refractivity contribution >= 4 is 35.0 Å². The second kappa shape index (κ2) is 8.50. The summed E-state index contributed by atoms with van der Waals surface area (Å²) in [6, 6.07) is 15.4. The first-order chi connectivity index (χ1) is 14.5. The zero-order valence-corrected chi connectivity index (χ0v) is 18.2. The van der Waals surface area contributed by atoms with Crippen molar-refractivity contribution in [2.45, 2.75) is 12.3 Å². The van der Waals surface area contributed by atoms with Crippen LogP contribution >= 0.6 is 23.4 Å². The molecule has 0 bridgehead atoms. The molecule has 6 nitrogen and oxygen atoms in total. The molecule has 1 amide bonds. The predicted molar refractivity (Wildman–Crippen MR) is 118 cm³/mol. The summed E-state index contributed by atoms with van der Waals surface area (Å²) in [5.41, 5.74) is 2.42. The van der Waals surface area contributed by atoms with E-state index in [-0.39, 0.29) is 18.2 Å². The van der Waals surface area contributed by atoms with Gasteiger partial charge in [0.1, 0.15) is 0 Å². The Labute approximate surface area is 184 Å². The van der Waals surface area contributed by atoms with Crippen LogP contribution in [0.4, 0.5) is 5.69 Å². The van der Waals surface area contributed by atoms with Crippen molar-refractivity contribution in [1.29, 1.82) is 5.26 Å². The summed E-state index contributed by atoms with van der Waals surface area (Å²) >= 11 is 7.62. The number of thioether (sulfide) groups is 1. The van der Waals surface area contributed by atoms with Crippen molar-refractivity contribution < 1.29 is 14.3 Å². The Morgan fingerprint density at radius 3 is 2.67 bits per heavy atom. The fraction of sp³-hybridized carbons (Fsp3) is 0.273. The Kier molecular flexibility index (Phi) is 5.80. The quantitative estimate of drug-likeness (QED) is 0.692. The van der Waals surface area contributed by atoms with Gasteiger partial charge in [-0.05, 0) is 35.9 Å². The molecule has 4 rings (SSSR count). The molecule has 1 fully saturated rings. The minimum absolute atomic E-state index is 0.0111. The van der Waals surface area contributed by atoms with Crippen LogP contribution in [-0.4, -0.2) is 37.6 Å². The van der Waals surface area contributed by atoms with E-state index in [0.29, 0.717) is 34.6 Å². The van der Waals surface area contributed by atoms with Crippen LogP contribution in [-0.2, 0) is 4.79 Å². The van der Waals surface area contributed by atoms with Crippen molar-refractivity contribution in [2.75, 3.05) is 31.7 Å². The SMILES string of the molecule is COc1ccc(C2CC(=O)N3CN(c4cccc(Cl)c4)CSC3=C2C#N)cc1OC. The molecule has 2 aliphatic rings. The molecule has 2 aliphatic heterocycles. The van der Waals surface area contributed by atoms with Crippen LogP contribution < -0.4 is 14.4 Å². The maximum Gasteiger partial charge on any atom is 0.229 e. The van der Waals surface area contributed by atoms with Crippen LogP contribution in [0.25, 0.3) is 0 Å². The third-order valence-corrected chi connectivity index (χ3v) is 6.67. The number of carbonyl (C=O) groups excluding carboxylic acids is 1. The Balaban J connectivity index is 1.67. The summed E-state index contributed by atoms with van der Waals surface area (Å²) in [5.74, 6) is 1.50. The van der Waals surface area contributed by atoms with Crippen LogP contribution in [0, 0.1) is 11.3 Å². The molecule has 154 valence electrons. The lowest BCUT2D eigenvalue weighted by atomic mass is 9.86. The number of benzene rings is 2. The summed E-state index contributed by atoms with van der Waals surface area (Å²) in [7, 11) is 3.15. The second-order valence-electron chi connectivity index (χ2n) is 6.96. The maximum atomic E-state index is 13.1. The predicted octanol–water partition coefficient (Wildman–Crippen LogP) is 4.58. The van der Waals surface area contributed by atoms with Crippen LogP contribution in [0.2, 0.25) is 5.02 Å². The second-order valence-corrected chi connectivity index (χ2v) is 8.33. The van der Waals surface area contributed by atoms with Gasteiger partial charge >= 0.3 is 0 Å². The van der Waals surface area contributed by atoms with Crippen LogP contribution in [0.15, 0.2) is 53.1 Å². The molecule has 1 unspecified atom stereocenters. The zero-order chi connectivity index (χ0) is 21.3. The van der Waals surface area contributed by atoms with E-state index in [2.05, 4.69) is 11.0 Å². The molecular weight excluding hydrogens is 422 g/mol. The lowest BCUT2D eigenvalue weighted by molar-refractivity contribution is -0.129. The van der Waals surface area contributed by atoms with Gasteiger partial charge in [-0.15, -0.1) is 0 Å². The van der Waals surface area contributed by atoms with E-state index in [9.17, 15) is 10.1 Å². The van der Waals surface area contributed by atoms with Crippen molar-refractivity contribution in [3.8, 4) is 17.6 Å². The average Bonchev–Trinajstić information content (AvgIpc) is 2.78. The van der Waals surface area contributed by atoms with Gasteiger partial charge in [-0.3, -0.25) is 9.69 Å². The number of methoxy groups -OCH3 is 2. The Morgan fingerprint density at radius 1 is 1.17 bits per heavy atom. The minimum atomic E-state index is -0.307. The molecule has 2 aromatic rings. The van der Waals surface area contributed by atoms with E-state index in [1.165, 1.54) is 11.8 Å². The number of ether oxygens (including phenoxy) is 2. The van der Waals surface area contributed by atoms with Crippen molar-refractivity contribution in [3.63, 3.8) is 0 Å². The van der Waals surface area contributed by atoms with E-state index in [4.69, 9.17) is 21.1 Å². The highest BCUT2D eigenvalue weighted by Crippen LogP contribution is 2.44. The van der Waals surface area contributed by atoms with Crippen molar-refractivity contribution in [2.24, 2.45) is 0 Å². The van der Waals surface area contributed by atoms with Gasteiger partial charge in [0.25, 0.3) is 0 Å². The fourth-order valence-electron chi connectivity index (χ4n) is 3.75. The molecule has 0 N–H and O–H groups in total. The molecule has 30 heavy (non-hydrogen) atoms. The number of halogens is 1. The molecule has 0 aliphatic carbocycles. The third-order valence-electron chi connectivity index (χ3n) is 5.28. The number of fused-ring (bicyclic) bond motifs is 1. The lowest BCUT2D eigenvalue weighted by Gasteiger charge is -2.42. The molecule has 0 aromatic heterocycles. The van der Waals surface area contributed by atoms with Gasteiger partial charge in [-0.2, -0.15) is 5.26 Å². The molecule has 0 radical (unpaired) electrons. The van der Waals surface area contributed by atoms with Crippen molar-refractivity contribution in [3.05, 3.63) is 63.7 Å². The first-order valence-corrected chi connectivity index (χ1v) is 10.7. The van der Waals surface area contributed by atoms with Crippen LogP contribution in [0.5, 0.6) is 11.5 Å². The number of nitriles is 1. The number of rotatable bonds is 4. The molecule has 0 spiro atoms. The minimum Gasteiger partial charge on any atom is -0.493 e. The molecule has 0 saturated carbocycles. The standard InChI is InChI=1S/C22H20ClN3O3S/c1-28-19-7-6-14(8-20(19)29-2)17-10-21(27)26-12-25(13-30-22(26)18(17)11-24)16-5-3-4-15(23)9-16/h3-9,17H,10,12-13H2,1-2H3. The van der Waals surface area contributed by atoms with Crippen LogP contribution in [0.1, 0.15) is 17.9 Å². The van der Waals surface area contributed by atoms with Gasteiger partial charge < -0.3 is 14.4 Å². The van der Waals surface area contributed by atoms with E-state index >= 15 is 0 Å². The van der Waals surface area contributed by atoms with E-state index < -0.39 is 0 Å². The fourth-order valence-corrected chi connectivity index (χ4v) is 5.10. The molecule has 8 heteroatoms. The number of anilines is 1. The summed E-state index contributed by atoms with van der Waals surface area (Å²) in [6.07, 6.45) is 0.228. The van der Waals surface area contributed by atoms with Gasteiger partial charge in [-0.25, -0.2) is 0 Å². The molecule has 1 saturated heterocycles. The van der Waals surface area contributed by atoms with Gasteiger partial charge in [0.05, 0.1) is 43.4 Å². The highest BCUT2D eigenvalue weighted by molar-refractivity contribution is 8.03. The number of nitrogens with zero attached hydrogens (tertiary/aromatic N) is 3. The Hall–Kier alpha value is -2.82. The maximum absolute atomic E-state index is 13.1.